The Hall–Kier alpha value is -2.59. The summed E-state index contributed by atoms with van der Waals surface area (Å²) in [7, 11) is 3.14. The summed E-state index contributed by atoms with van der Waals surface area (Å²) in [5.41, 5.74) is 1.97. The molecule has 0 saturated heterocycles. The minimum absolute atomic E-state index is 0.121. The van der Waals surface area contributed by atoms with E-state index in [9.17, 15) is 9.90 Å². The van der Waals surface area contributed by atoms with Crippen LogP contribution in [0.25, 0.3) is 6.08 Å². The lowest BCUT2D eigenvalue weighted by Crippen LogP contribution is -1.97. The second-order valence-corrected chi connectivity index (χ2v) is 4.75. The molecule has 0 fully saturated rings. The molecule has 0 amide bonds. The van der Waals surface area contributed by atoms with Crippen molar-refractivity contribution in [2.75, 3.05) is 14.2 Å². The molecule has 0 aromatic heterocycles. The number of benzene rings is 2. The molecule has 4 heteroatoms. The molecule has 2 aromatic carbocycles. The van der Waals surface area contributed by atoms with Crippen molar-refractivity contribution in [2.24, 2.45) is 0 Å². The predicted octanol–water partition coefficient (Wildman–Crippen LogP) is 3.44. The van der Waals surface area contributed by atoms with Gasteiger partial charge in [0.15, 0.2) is 5.78 Å². The fourth-order valence-corrected chi connectivity index (χ4v) is 2.02. The first-order chi connectivity index (χ1) is 10.6. The maximum atomic E-state index is 12.2. The molecule has 0 spiro atoms. The summed E-state index contributed by atoms with van der Waals surface area (Å²) in [4.78, 5) is 12.2. The minimum atomic E-state index is -0.139. The number of carbonyl (C=O) groups excluding carboxylic acids is 1. The number of hydrogen-bond acceptors (Lipinski definition) is 4. The first kappa shape index (κ1) is 15.8. The molecule has 0 heterocycles. The summed E-state index contributed by atoms with van der Waals surface area (Å²) in [6.07, 6.45) is 3.23. The van der Waals surface area contributed by atoms with Crippen LogP contribution >= 0.6 is 0 Å². The van der Waals surface area contributed by atoms with Crippen LogP contribution in [0.2, 0.25) is 0 Å². The van der Waals surface area contributed by atoms with Gasteiger partial charge in [-0.2, -0.15) is 0 Å². The van der Waals surface area contributed by atoms with E-state index in [0.29, 0.717) is 11.1 Å². The molecule has 114 valence electrons. The highest BCUT2D eigenvalue weighted by atomic mass is 16.5. The molecule has 0 aliphatic carbocycles. The van der Waals surface area contributed by atoms with Crippen molar-refractivity contribution in [1.29, 1.82) is 0 Å². The summed E-state index contributed by atoms with van der Waals surface area (Å²) < 4.78 is 10.1. The van der Waals surface area contributed by atoms with Gasteiger partial charge >= 0.3 is 0 Å². The molecule has 0 saturated carbocycles. The van der Waals surface area contributed by atoms with Crippen molar-refractivity contribution in [3.63, 3.8) is 0 Å². The van der Waals surface area contributed by atoms with Crippen LogP contribution in [-0.2, 0) is 11.3 Å². The minimum Gasteiger partial charge on any atom is -0.508 e. The molecule has 4 nitrogen and oxygen atoms in total. The van der Waals surface area contributed by atoms with Gasteiger partial charge in [-0.1, -0.05) is 18.2 Å². The maximum absolute atomic E-state index is 12.2. The van der Waals surface area contributed by atoms with E-state index in [0.717, 1.165) is 11.3 Å². The van der Waals surface area contributed by atoms with E-state index in [1.807, 2.05) is 24.3 Å². The number of carbonyl (C=O) groups is 1. The van der Waals surface area contributed by atoms with Crippen molar-refractivity contribution in [3.8, 4) is 11.5 Å². The van der Waals surface area contributed by atoms with Gasteiger partial charge in [0.05, 0.1) is 13.7 Å². The van der Waals surface area contributed by atoms with E-state index in [1.54, 1.807) is 25.3 Å². The summed E-state index contributed by atoms with van der Waals surface area (Å²) in [5.74, 6) is 0.719. The average molecular weight is 298 g/mol. The Labute approximate surface area is 129 Å². The monoisotopic (exact) mass is 298 g/mol. The van der Waals surface area contributed by atoms with Gasteiger partial charge in [-0.15, -0.1) is 0 Å². The van der Waals surface area contributed by atoms with Crippen molar-refractivity contribution in [1.82, 2.24) is 0 Å². The molecule has 22 heavy (non-hydrogen) atoms. The molecule has 0 bridgehead atoms. The predicted molar refractivity (Wildman–Crippen MR) is 85.2 cm³/mol. The van der Waals surface area contributed by atoms with Crippen molar-refractivity contribution < 1.29 is 19.4 Å². The Kier molecular flexibility index (Phi) is 5.33. The van der Waals surface area contributed by atoms with Gasteiger partial charge in [-0.05, 0) is 42.0 Å². The smallest absolute Gasteiger partial charge is 0.185 e. The number of hydrogen-bond donors (Lipinski definition) is 1. The topological polar surface area (TPSA) is 55.8 Å². The molecule has 0 unspecified atom stereocenters. The Bertz CT molecular complexity index is 689. The van der Waals surface area contributed by atoms with Crippen LogP contribution in [0.3, 0.4) is 0 Å². The van der Waals surface area contributed by atoms with Crippen LogP contribution in [0.1, 0.15) is 21.5 Å². The molecule has 0 aliphatic heterocycles. The third-order valence-electron chi connectivity index (χ3n) is 3.18. The lowest BCUT2D eigenvalue weighted by molar-refractivity contribution is 0.104. The number of phenols is 1. The Morgan fingerprint density at radius 3 is 2.73 bits per heavy atom. The zero-order chi connectivity index (χ0) is 15.9. The lowest BCUT2D eigenvalue weighted by atomic mass is 10.1. The molecule has 0 aliphatic rings. The number of rotatable bonds is 6. The van der Waals surface area contributed by atoms with Gasteiger partial charge in [-0.25, -0.2) is 0 Å². The largest absolute Gasteiger partial charge is 0.508 e. The molecular weight excluding hydrogens is 280 g/mol. The Morgan fingerprint density at radius 1 is 1.18 bits per heavy atom. The second-order valence-electron chi connectivity index (χ2n) is 4.75. The zero-order valence-corrected chi connectivity index (χ0v) is 12.6. The van der Waals surface area contributed by atoms with E-state index in [-0.39, 0.29) is 18.1 Å². The highest BCUT2D eigenvalue weighted by Crippen LogP contribution is 2.20. The van der Waals surface area contributed by atoms with Crippen molar-refractivity contribution in [3.05, 3.63) is 65.2 Å². The zero-order valence-electron chi connectivity index (χ0n) is 12.6. The standard InChI is InChI=1S/C18H18O4/c1-21-12-15-11-14(7-9-18(15)20)17(19)8-6-13-4-3-5-16(10-13)22-2/h3-11,20H,12H2,1-2H3. The number of ketones is 1. The second kappa shape index (κ2) is 7.43. The van der Waals surface area contributed by atoms with Crippen LogP contribution in [0.15, 0.2) is 48.5 Å². The molecule has 2 rings (SSSR count). The Balaban J connectivity index is 2.17. The summed E-state index contributed by atoms with van der Waals surface area (Å²) in [5, 5.41) is 9.69. The number of allylic oxidation sites excluding steroid dienone is 1. The SMILES string of the molecule is COCc1cc(C(=O)C=Cc2cccc(OC)c2)ccc1O. The summed E-state index contributed by atoms with van der Waals surface area (Å²) in [6.45, 7) is 0.256. The summed E-state index contributed by atoms with van der Waals surface area (Å²) in [6, 6.07) is 12.2. The first-order valence-corrected chi connectivity index (χ1v) is 6.81. The van der Waals surface area contributed by atoms with E-state index >= 15 is 0 Å². The fourth-order valence-electron chi connectivity index (χ4n) is 2.02. The van der Waals surface area contributed by atoms with Crippen molar-refractivity contribution >= 4 is 11.9 Å². The van der Waals surface area contributed by atoms with Crippen LogP contribution in [0, 0.1) is 0 Å². The highest BCUT2D eigenvalue weighted by molar-refractivity contribution is 6.07. The van der Waals surface area contributed by atoms with Gasteiger partial charge in [-0.3, -0.25) is 4.79 Å². The van der Waals surface area contributed by atoms with Crippen LogP contribution < -0.4 is 4.74 Å². The van der Waals surface area contributed by atoms with Crippen molar-refractivity contribution in [2.45, 2.75) is 6.61 Å². The number of aromatic hydroxyl groups is 1. The molecular formula is C18H18O4. The number of methoxy groups -OCH3 is 2. The first-order valence-electron chi connectivity index (χ1n) is 6.81. The highest BCUT2D eigenvalue weighted by Gasteiger charge is 2.07. The fraction of sp³-hybridized carbons (Fsp3) is 0.167. The average Bonchev–Trinajstić information content (AvgIpc) is 2.55. The van der Waals surface area contributed by atoms with Gasteiger partial charge in [0.2, 0.25) is 0 Å². The van der Waals surface area contributed by atoms with Gasteiger partial charge in [0, 0.05) is 18.2 Å². The summed E-state index contributed by atoms with van der Waals surface area (Å²) >= 11 is 0. The van der Waals surface area contributed by atoms with E-state index in [4.69, 9.17) is 9.47 Å². The normalized spacial score (nSPS) is 10.8. The molecule has 1 N–H and O–H groups in total. The van der Waals surface area contributed by atoms with Crippen LogP contribution in [0.4, 0.5) is 0 Å². The third-order valence-corrected chi connectivity index (χ3v) is 3.18. The Morgan fingerprint density at radius 2 is 2.00 bits per heavy atom. The third kappa shape index (κ3) is 3.96. The van der Waals surface area contributed by atoms with Gasteiger partial charge in [0.1, 0.15) is 11.5 Å². The van der Waals surface area contributed by atoms with E-state index in [1.165, 1.54) is 19.3 Å². The molecule has 0 atom stereocenters. The van der Waals surface area contributed by atoms with Gasteiger partial charge in [0.25, 0.3) is 0 Å². The molecule has 0 radical (unpaired) electrons. The van der Waals surface area contributed by atoms with E-state index in [2.05, 4.69) is 0 Å². The lowest BCUT2D eigenvalue weighted by Gasteiger charge is -2.05. The number of phenolic OH excluding ortho intramolecular Hbond substituents is 1. The quantitative estimate of drug-likeness (QED) is 0.655. The van der Waals surface area contributed by atoms with Gasteiger partial charge < -0.3 is 14.6 Å². The van der Waals surface area contributed by atoms with E-state index < -0.39 is 0 Å². The molecule has 2 aromatic rings. The van der Waals surface area contributed by atoms with Crippen LogP contribution in [0.5, 0.6) is 11.5 Å². The maximum Gasteiger partial charge on any atom is 0.185 e. The van der Waals surface area contributed by atoms with Crippen LogP contribution in [-0.4, -0.2) is 25.1 Å². The number of ether oxygens (including phenoxy) is 2.